The zero-order valence-electron chi connectivity index (χ0n) is 6.62. The van der Waals surface area contributed by atoms with E-state index in [2.05, 4.69) is 0 Å². The van der Waals surface area contributed by atoms with E-state index in [0.717, 1.165) is 6.42 Å². The average Bonchev–Trinajstić information content (AvgIpc) is 1.87. The van der Waals surface area contributed by atoms with Crippen LogP contribution in [0.3, 0.4) is 0 Å². The highest BCUT2D eigenvalue weighted by atomic mass is 32.2. The Bertz CT molecular complexity index is 171. The van der Waals surface area contributed by atoms with Crippen molar-refractivity contribution in [3.05, 3.63) is 0 Å². The van der Waals surface area contributed by atoms with Crippen LogP contribution in [0, 0.1) is 0 Å². The Kier molecular flexibility index (Phi) is 3.89. The normalized spacial score (nSPS) is 15.1. The smallest absolute Gasteiger partial charge is 0.267 e. The summed E-state index contributed by atoms with van der Waals surface area (Å²) in [6.07, 6.45) is 0.532. The van der Waals surface area contributed by atoms with Gasteiger partial charge in [0.15, 0.2) is 0 Å². The lowest BCUT2D eigenvalue weighted by atomic mass is 10.3. The third-order valence-electron chi connectivity index (χ3n) is 1.24. The van der Waals surface area contributed by atoms with Crippen molar-refractivity contribution in [3.8, 4) is 0 Å². The van der Waals surface area contributed by atoms with Crippen molar-refractivity contribution in [2.75, 3.05) is 5.75 Å². The van der Waals surface area contributed by atoms with E-state index in [1.54, 1.807) is 13.8 Å². The molecule has 0 amide bonds. The van der Waals surface area contributed by atoms with E-state index in [-0.39, 0.29) is 11.9 Å². The Morgan fingerprint density at radius 1 is 1.40 bits per heavy atom. The fourth-order valence-electron chi connectivity index (χ4n) is 0.386. The molecule has 0 rings (SSSR count). The van der Waals surface area contributed by atoms with Crippen LogP contribution >= 0.6 is 0 Å². The molecule has 0 heterocycles. The largest absolute Gasteiger partial charge is 0.267 e. The van der Waals surface area contributed by atoms with E-state index >= 15 is 0 Å². The summed E-state index contributed by atoms with van der Waals surface area (Å²) in [7, 11) is -3.23. The molecule has 0 aromatic carbocycles. The van der Waals surface area contributed by atoms with Crippen molar-refractivity contribution in [1.29, 1.82) is 0 Å². The van der Waals surface area contributed by atoms with Crippen LogP contribution in [0.5, 0.6) is 0 Å². The highest BCUT2D eigenvalue weighted by molar-refractivity contribution is 7.86. The third kappa shape index (κ3) is 3.85. The van der Waals surface area contributed by atoms with Crippen molar-refractivity contribution >= 4 is 10.1 Å². The molecule has 0 N–H and O–H groups in total. The van der Waals surface area contributed by atoms with E-state index in [1.165, 1.54) is 0 Å². The topological polar surface area (TPSA) is 43.4 Å². The Labute approximate surface area is 62.5 Å². The molecule has 3 nitrogen and oxygen atoms in total. The molecule has 62 valence electrons. The zero-order valence-corrected chi connectivity index (χ0v) is 7.44. The van der Waals surface area contributed by atoms with E-state index < -0.39 is 10.1 Å². The molecular formula is C6H14O3S. The molecule has 0 aliphatic carbocycles. The van der Waals surface area contributed by atoms with Crippen LogP contribution in [-0.4, -0.2) is 20.3 Å². The van der Waals surface area contributed by atoms with Gasteiger partial charge in [-0.2, -0.15) is 8.42 Å². The van der Waals surface area contributed by atoms with Gasteiger partial charge < -0.3 is 0 Å². The van der Waals surface area contributed by atoms with Crippen LogP contribution in [0.1, 0.15) is 27.2 Å². The number of hydrogen-bond acceptors (Lipinski definition) is 3. The van der Waals surface area contributed by atoms with E-state index in [9.17, 15) is 8.42 Å². The highest BCUT2D eigenvalue weighted by Gasteiger charge is 2.10. The Hall–Kier alpha value is -0.0900. The van der Waals surface area contributed by atoms with Crippen LogP contribution in [-0.2, 0) is 14.3 Å². The van der Waals surface area contributed by atoms with Crippen LogP contribution in [0.2, 0.25) is 0 Å². The Morgan fingerprint density at radius 2 is 1.90 bits per heavy atom. The van der Waals surface area contributed by atoms with Gasteiger partial charge >= 0.3 is 0 Å². The summed E-state index contributed by atoms with van der Waals surface area (Å²) in [5.41, 5.74) is 0. The molecule has 0 saturated carbocycles. The quantitative estimate of drug-likeness (QED) is 0.588. The molecule has 0 saturated heterocycles. The SMILES string of the molecule is CCC(C)OS(=O)(=O)CC. The first kappa shape index (κ1) is 9.91. The van der Waals surface area contributed by atoms with Gasteiger partial charge in [0.25, 0.3) is 10.1 Å². The first-order valence-electron chi connectivity index (χ1n) is 3.42. The van der Waals surface area contributed by atoms with Gasteiger partial charge in [-0.3, -0.25) is 4.18 Å². The molecule has 0 bridgehead atoms. The van der Waals surface area contributed by atoms with Crippen LogP contribution in [0.25, 0.3) is 0 Å². The first-order chi connectivity index (χ1) is 4.52. The van der Waals surface area contributed by atoms with Gasteiger partial charge in [-0.05, 0) is 20.3 Å². The second kappa shape index (κ2) is 3.93. The molecule has 0 fully saturated rings. The summed E-state index contributed by atoms with van der Waals surface area (Å²) in [6.45, 7) is 5.20. The fourth-order valence-corrected chi connectivity index (χ4v) is 1.16. The number of rotatable bonds is 4. The molecular weight excluding hydrogens is 152 g/mol. The van der Waals surface area contributed by atoms with Crippen molar-refractivity contribution in [2.24, 2.45) is 0 Å². The maximum absolute atomic E-state index is 10.7. The predicted molar refractivity (Wildman–Crippen MR) is 40.3 cm³/mol. The molecule has 0 radical (unpaired) electrons. The van der Waals surface area contributed by atoms with Gasteiger partial charge in [-0.15, -0.1) is 0 Å². The molecule has 0 aliphatic heterocycles. The fraction of sp³-hybridized carbons (Fsp3) is 1.00. The van der Waals surface area contributed by atoms with Gasteiger partial charge in [0.1, 0.15) is 0 Å². The van der Waals surface area contributed by atoms with Crippen molar-refractivity contribution in [2.45, 2.75) is 33.3 Å². The summed E-state index contributed by atoms with van der Waals surface area (Å²) >= 11 is 0. The first-order valence-corrected chi connectivity index (χ1v) is 5.00. The van der Waals surface area contributed by atoms with Gasteiger partial charge in [0.2, 0.25) is 0 Å². The second-order valence-electron chi connectivity index (χ2n) is 2.16. The molecule has 0 aromatic rings. The standard InChI is InChI=1S/C6H14O3S/c1-4-6(3)9-10(7,8)5-2/h6H,4-5H2,1-3H3. The second-order valence-corrected chi connectivity index (χ2v) is 4.05. The van der Waals surface area contributed by atoms with Gasteiger partial charge in [-0.1, -0.05) is 6.92 Å². The minimum Gasteiger partial charge on any atom is -0.267 e. The lowest BCUT2D eigenvalue weighted by Crippen LogP contribution is -2.15. The van der Waals surface area contributed by atoms with E-state index in [0.29, 0.717) is 0 Å². The maximum Gasteiger partial charge on any atom is 0.267 e. The summed E-state index contributed by atoms with van der Waals surface area (Å²) in [5.74, 6) is 0.0529. The van der Waals surface area contributed by atoms with Crippen LogP contribution in [0.4, 0.5) is 0 Å². The maximum atomic E-state index is 10.7. The van der Waals surface area contributed by atoms with Crippen molar-refractivity contribution < 1.29 is 12.6 Å². The summed E-state index contributed by atoms with van der Waals surface area (Å²) in [4.78, 5) is 0. The molecule has 0 aromatic heterocycles. The lowest BCUT2D eigenvalue weighted by Gasteiger charge is -2.08. The molecule has 1 unspecified atom stereocenters. The minimum absolute atomic E-state index is 0.0529. The Morgan fingerprint density at radius 3 is 2.20 bits per heavy atom. The molecule has 0 aliphatic rings. The summed E-state index contributed by atoms with van der Waals surface area (Å²) in [5, 5.41) is 0. The zero-order chi connectivity index (χ0) is 8.20. The van der Waals surface area contributed by atoms with Gasteiger partial charge in [0.05, 0.1) is 11.9 Å². The highest BCUT2D eigenvalue weighted by Crippen LogP contribution is 2.02. The number of hydrogen-bond donors (Lipinski definition) is 0. The Balaban J connectivity index is 3.90. The molecule has 0 spiro atoms. The van der Waals surface area contributed by atoms with E-state index in [1.807, 2.05) is 6.92 Å². The van der Waals surface area contributed by atoms with Gasteiger partial charge in [0, 0.05) is 0 Å². The lowest BCUT2D eigenvalue weighted by molar-refractivity contribution is 0.225. The molecule has 4 heteroatoms. The van der Waals surface area contributed by atoms with Crippen molar-refractivity contribution in [1.82, 2.24) is 0 Å². The summed E-state index contributed by atoms with van der Waals surface area (Å²) < 4.78 is 26.2. The average molecular weight is 166 g/mol. The molecule has 1 atom stereocenters. The molecule has 10 heavy (non-hydrogen) atoms. The van der Waals surface area contributed by atoms with Gasteiger partial charge in [-0.25, -0.2) is 0 Å². The minimum atomic E-state index is -3.23. The van der Waals surface area contributed by atoms with Crippen LogP contribution in [0.15, 0.2) is 0 Å². The van der Waals surface area contributed by atoms with Crippen molar-refractivity contribution in [3.63, 3.8) is 0 Å². The summed E-state index contributed by atoms with van der Waals surface area (Å²) in [6, 6.07) is 0. The monoisotopic (exact) mass is 166 g/mol. The third-order valence-corrected chi connectivity index (χ3v) is 2.57. The van der Waals surface area contributed by atoms with Crippen LogP contribution < -0.4 is 0 Å². The predicted octanol–water partition coefficient (Wildman–Crippen LogP) is 1.15. The van der Waals surface area contributed by atoms with E-state index in [4.69, 9.17) is 4.18 Å².